The van der Waals surface area contributed by atoms with E-state index >= 15 is 0 Å². The minimum Gasteiger partial charge on any atom is -0.317 e. The Morgan fingerprint density at radius 3 is 2.18 bits per heavy atom. The molecule has 1 heteroatoms. The summed E-state index contributed by atoms with van der Waals surface area (Å²) < 4.78 is 0. The molecule has 2 unspecified atom stereocenters. The Bertz CT molecular complexity index is 80.9. The van der Waals surface area contributed by atoms with E-state index in [0.29, 0.717) is 0 Å². The van der Waals surface area contributed by atoms with E-state index in [1.807, 2.05) is 0 Å². The fourth-order valence-electron chi connectivity index (χ4n) is 1.31. The van der Waals surface area contributed by atoms with Crippen LogP contribution >= 0.6 is 0 Å². The van der Waals surface area contributed by atoms with E-state index in [-0.39, 0.29) is 0 Å². The molecule has 0 aliphatic rings. The Kier molecular flexibility index (Phi) is 6.63. The van der Waals surface area contributed by atoms with Crippen molar-refractivity contribution in [2.45, 2.75) is 40.5 Å². The highest BCUT2D eigenvalue weighted by Gasteiger charge is 2.09. The van der Waals surface area contributed by atoms with Crippen LogP contribution in [0.25, 0.3) is 0 Å². The van der Waals surface area contributed by atoms with Gasteiger partial charge in [-0.1, -0.05) is 40.5 Å². The summed E-state index contributed by atoms with van der Waals surface area (Å²) in [5.74, 6) is 1.70. The minimum absolute atomic E-state index is 0.829. The maximum atomic E-state index is 3.39. The first-order chi connectivity index (χ1) is 5.22. The molecule has 0 aromatic heterocycles. The Morgan fingerprint density at radius 2 is 1.73 bits per heavy atom. The molecular weight excluding hydrogens is 134 g/mol. The van der Waals surface area contributed by atoms with E-state index in [2.05, 4.69) is 33.0 Å². The van der Waals surface area contributed by atoms with Gasteiger partial charge in [-0.05, 0) is 24.9 Å². The van der Waals surface area contributed by atoms with Crippen LogP contribution in [0, 0.1) is 11.8 Å². The van der Waals surface area contributed by atoms with Crippen LogP contribution in [0.15, 0.2) is 0 Å². The van der Waals surface area contributed by atoms with Gasteiger partial charge >= 0.3 is 0 Å². The first kappa shape index (κ1) is 11.0. The van der Waals surface area contributed by atoms with Gasteiger partial charge in [-0.3, -0.25) is 0 Å². The third-order valence-electron chi connectivity index (χ3n) is 2.43. The van der Waals surface area contributed by atoms with Gasteiger partial charge in [0.25, 0.3) is 0 Å². The van der Waals surface area contributed by atoms with Crippen LogP contribution in [0.3, 0.4) is 0 Å². The highest BCUT2D eigenvalue weighted by molar-refractivity contribution is 4.63. The molecule has 0 radical (unpaired) electrons. The first-order valence-electron chi connectivity index (χ1n) is 4.93. The Balaban J connectivity index is 3.38. The third kappa shape index (κ3) is 5.25. The smallest absolute Gasteiger partial charge is 0.00207 e. The lowest BCUT2D eigenvalue weighted by molar-refractivity contribution is 0.347. The van der Waals surface area contributed by atoms with E-state index in [4.69, 9.17) is 0 Å². The highest BCUT2D eigenvalue weighted by Crippen LogP contribution is 2.15. The molecule has 11 heavy (non-hydrogen) atoms. The number of hydrogen-bond donors (Lipinski definition) is 1. The fraction of sp³-hybridized carbons (Fsp3) is 1.00. The topological polar surface area (TPSA) is 12.0 Å². The molecule has 0 amide bonds. The van der Waals surface area contributed by atoms with Crippen LogP contribution in [0.1, 0.15) is 40.5 Å². The maximum absolute atomic E-state index is 3.39. The molecule has 0 aromatic carbocycles. The van der Waals surface area contributed by atoms with Crippen molar-refractivity contribution in [1.82, 2.24) is 5.32 Å². The van der Waals surface area contributed by atoms with Gasteiger partial charge in [-0.15, -0.1) is 0 Å². The molecule has 0 aliphatic heterocycles. The Hall–Kier alpha value is -0.0400. The summed E-state index contributed by atoms with van der Waals surface area (Å²) in [7, 11) is 0. The van der Waals surface area contributed by atoms with Gasteiger partial charge in [-0.2, -0.15) is 0 Å². The van der Waals surface area contributed by atoms with Crippen molar-refractivity contribution in [3.8, 4) is 0 Å². The van der Waals surface area contributed by atoms with Crippen molar-refractivity contribution >= 4 is 0 Å². The minimum atomic E-state index is 0.829. The van der Waals surface area contributed by atoms with Crippen LogP contribution < -0.4 is 5.32 Å². The van der Waals surface area contributed by atoms with Gasteiger partial charge < -0.3 is 5.32 Å². The van der Waals surface area contributed by atoms with Crippen LogP contribution in [0.4, 0.5) is 0 Å². The lowest BCUT2D eigenvalue weighted by Gasteiger charge is -2.19. The summed E-state index contributed by atoms with van der Waals surface area (Å²) in [6.45, 7) is 11.4. The number of nitrogens with one attached hydrogen (secondary N) is 1. The number of hydrogen-bond acceptors (Lipinski definition) is 1. The first-order valence-corrected chi connectivity index (χ1v) is 4.93. The second-order valence-electron chi connectivity index (χ2n) is 3.55. The van der Waals surface area contributed by atoms with Gasteiger partial charge in [0, 0.05) is 0 Å². The largest absolute Gasteiger partial charge is 0.317 e. The summed E-state index contributed by atoms with van der Waals surface area (Å²) >= 11 is 0. The molecule has 1 nitrogen and oxygen atoms in total. The second kappa shape index (κ2) is 6.66. The second-order valence-corrected chi connectivity index (χ2v) is 3.55. The zero-order valence-corrected chi connectivity index (χ0v) is 8.48. The van der Waals surface area contributed by atoms with Gasteiger partial charge in [0.1, 0.15) is 0 Å². The van der Waals surface area contributed by atoms with E-state index in [1.165, 1.54) is 19.4 Å². The molecule has 1 N–H and O–H groups in total. The molecule has 0 bridgehead atoms. The summed E-state index contributed by atoms with van der Waals surface area (Å²) in [4.78, 5) is 0. The fourth-order valence-corrected chi connectivity index (χ4v) is 1.31. The zero-order valence-electron chi connectivity index (χ0n) is 8.48. The van der Waals surface area contributed by atoms with Crippen molar-refractivity contribution in [3.63, 3.8) is 0 Å². The molecule has 68 valence electrons. The van der Waals surface area contributed by atoms with Crippen molar-refractivity contribution in [1.29, 1.82) is 0 Å². The standard InChI is InChI=1S/C10H23N/c1-5-7-9(3)10(4)8-11-6-2/h9-11H,5-8H2,1-4H3. The van der Waals surface area contributed by atoms with Crippen molar-refractivity contribution < 1.29 is 0 Å². The van der Waals surface area contributed by atoms with Gasteiger partial charge in [0.2, 0.25) is 0 Å². The summed E-state index contributed by atoms with van der Waals surface area (Å²) in [6, 6.07) is 0. The third-order valence-corrected chi connectivity index (χ3v) is 2.43. The predicted octanol–water partition coefficient (Wildman–Crippen LogP) is 2.67. The van der Waals surface area contributed by atoms with E-state index in [1.54, 1.807) is 0 Å². The molecule has 0 rings (SSSR count). The Morgan fingerprint density at radius 1 is 1.09 bits per heavy atom. The van der Waals surface area contributed by atoms with E-state index in [0.717, 1.165) is 18.4 Å². The normalized spacial score (nSPS) is 16.4. The van der Waals surface area contributed by atoms with E-state index < -0.39 is 0 Å². The van der Waals surface area contributed by atoms with Crippen LogP contribution in [-0.4, -0.2) is 13.1 Å². The monoisotopic (exact) mass is 157 g/mol. The highest BCUT2D eigenvalue weighted by atomic mass is 14.8. The van der Waals surface area contributed by atoms with Crippen LogP contribution in [0.2, 0.25) is 0 Å². The summed E-state index contributed by atoms with van der Waals surface area (Å²) in [5.41, 5.74) is 0. The van der Waals surface area contributed by atoms with Crippen LogP contribution in [0.5, 0.6) is 0 Å². The average Bonchev–Trinajstić information content (AvgIpc) is 2.00. The SMILES string of the molecule is CCCC(C)C(C)CNCC. The molecule has 0 fully saturated rings. The summed E-state index contributed by atoms with van der Waals surface area (Å²) in [6.07, 6.45) is 2.68. The quantitative estimate of drug-likeness (QED) is 0.625. The molecule has 0 heterocycles. The zero-order chi connectivity index (χ0) is 8.69. The van der Waals surface area contributed by atoms with E-state index in [9.17, 15) is 0 Å². The molecule has 0 spiro atoms. The van der Waals surface area contributed by atoms with Gasteiger partial charge in [0.05, 0.1) is 0 Å². The molecule has 0 saturated heterocycles. The van der Waals surface area contributed by atoms with Crippen LogP contribution in [-0.2, 0) is 0 Å². The van der Waals surface area contributed by atoms with Crippen molar-refractivity contribution in [2.24, 2.45) is 11.8 Å². The van der Waals surface area contributed by atoms with Gasteiger partial charge in [0.15, 0.2) is 0 Å². The summed E-state index contributed by atoms with van der Waals surface area (Å²) in [5, 5.41) is 3.39. The molecule has 2 atom stereocenters. The lowest BCUT2D eigenvalue weighted by Crippen LogP contribution is -2.24. The van der Waals surface area contributed by atoms with Crippen molar-refractivity contribution in [2.75, 3.05) is 13.1 Å². The lowest BCUT2D eigenvalue weighted by atomic mass is 9.92. The number of rotatable bonds is 6. The molecule has 0 aliphatic carbocycles. The molecule has 0 saturated carbocycles. The molecular formula is C10H23N. The van der Waals surface area contributed by atoms with Crippen molar-refractivity contribution in [3.05, 3.63) is 0 Å². The molecule has 0 aromatic rings. The van der Waals surface area contributed by atoms with Gasteiger partial charge in [-0.25, -0.2) is 0 Å². The average molecular weight is 157 g/mol. The maximum Gasteiger partial charge on any atom is -0.00207 e. The Labute approximate surface area is 71.6 Å². The predicted molar refractivity (Wildman–Crippen MR) is 51.8 cm³/mol.